The minimum atomic E-state index is -3.55. The maximum absolute atomic E-state index is 13.2. The third-order valence-corrected chi connectivity index (χ3v) is 9.04. The van der Waals surface area contributed by atoms with Gasteiger partial charge < -0.3 is 9.64 Å². The molecule has 0 atom stereocenters. The van der Waals surface area contributed by atoms with Crippen LogP contribution in [0.5, 0.6) is 5.88 Å². The Morgan fingerprint density at radius 1 is 1.10 bits per heavy atom. The summed E-state index contributed by atoms with van der Waals surface area (Å²) in [6.07, 6.45) is 7.34. The van der Waals surface area contributed by atoms with Crippen LogP contribution in [0.1, 0.15) is 45.6 Å². The van der Waals surface area contributed by atoms with Crippen LogP contribution in [0, 0.1) is 5.92 Å². The number of likely N-dealkylation sites (N-methyl/N-ethyl adjacent to an activating group) is 1. The summed E-state index contributed by atoms with van der Waals surface area (Å²) in [6, 6.07) is 7.71. The van der Waals surface area contributed by atoms with Crippen LogP contribution in [0.25, 0.3) is 22.0 Å². The summed E-state index contributed by atoms with van der Waals surface area (Å²) in [6.45, 7) is 8.91. The van der Waals surface area contributed by atoms with Gasteiger partial charge in [0.1, 0.15) is 5.69 Å². The molecule has 206 valence electrons. The number of carbonyl (C=O) groups is 1. The molecule has 9 nitrogen and oxygen atoms in total. The first-order chi connectivity index (χ1) is 18.4. The lowest BCUT2D eigenvalue weighted by Gasteiger charge is -2.47. The number of fused-ring (bicyclic) bond motifs is 4. The van der Waals surface area contributed by atoms with E-state index >= 15 is 0 Å². The van der Waals surface area contributed by atoms with Crippen molar-refractivity contribution in [3.8, 4) is 17.0 Å². The molecule has 1 aromatic carbocycles. The number of hydrogen-bond acceptors (Lipinski definition) is 7. The Hall–Kier alpha value is -3.24. The molecular weight excluding hydrogens is 514 g/mol. The Labute approximate surface area is 229 Å². The fourth-order valence-electron chi connectivity index (χ4n) is 6.07. The number of sulfonamides is 1. The lowest BCUT2D eigenvalue weighted by Crippen LogP contribution is -2.57. The summed E-state index contributed by atoms with van der Waals surface area (Å²) in [4.78, 5) is 26.5. The van der Waals surface area contributed by atoms with Crippen LogP contribution in [-0.2, 0) is 20.2 Å². The molecule has 10 heteroatoms. The number of anilines is 2. The summed E-state index contributed by atoms with van der Waals surface area (Å²) in [5.74, 6) is 0.775. The quantitative estimate of drug-likeness (QED) is 0.492. The van der Waals surface area contributed by atoms with Crippen molar-refractivity contribution in [3.63, 3.8) is 0 Å². The van der Waals surface area contributed by atoms with E-state index in [-0.39, 0.29) is 17.3 Å². The van der Waals surface area contributed by atoms with Crippen LogP contribution < -0.4 is 14.4 Å². The van der Waals surface area contributed by atoms with E-state index in [1.165, 1.54) is 0 Å². The van der Waals surface area contributed by atoms with Gasteiger partial charge in [0.05, 0.1) is 35.7 Å². The molecule has 3 aromatic rings. The number of nitrogens with zero attached hydrogens (tertiary/aromatic N) is 4. The van der Waals surface area contributed by atoms with Crippen molar-refractivity contribution in [3.05, 3.63) is 42.2 Å². The highest BCUT2D eigenvalue weighted by Gasteiger charge is 2.54. The molecule has 4 heterocycles. The van der Waals surface area contributed by atoms with Crippen molar-refractivity contribution >= 4 is 38.2 Å². The SMILES string of the molecule is CN1C(=O)C2(CCC2)c2c1cnc1ccc(-c3cnc(OCC4CN(C(C)(C)C)C4)c(NS(C)(=O)=O)c3)cc21. The lowest BCUT2D eigenvalue weighted by molar-refractivity contribution is -0.125. The van der Waals surface area contributed by atoms with Gasteiger partial charge in [-0.3, -0.25) is 19.4 Å². The predicted octanol–water partition coefficient (Wildman–Crippen LogP) is 4.18. The highest BCUT2D eigenvalue weighted by Crippen LogP contribution is 2.55. The average molecular weight is 550 g/mol. The van der Waals surface area contributed by atoms with Crippen molar-refractivity contribution in [2.75, 3.05) is 42.6 Å². The molecule has 6 rings (SSSR count). The standard InChI is InChI=1S/C29H35N5O4S/c1-28(2,3)34-15-18(16-34)17-38-26-23(32-39(5,36)37)12-20(13-31-26)19-7-8-22-21(11-19)25-24(14-30-22)33(4)27(35)29(25)9-6-10-29/h7-8,11-14,18,32H,6,9-10,15-17H2,1-5H3. The highest BCUT2D eigenvalue weighted by molar-refractivity contribution is 7.92. The molecule has 2 fully saturated rings. The molecule has 39 heavy (non-hydrogen) atoms. The summed E-state index contributed by atoms with van der Waals surface area (Å²) >= 11 is 0. The highest BCUT2D eigenvalue weighted by atomic mass is 32.2. The zero-order chi connectivity index (χ0) is 27.7. The number of benzene rings is 1. The molecule has 1 aliphatic carbocycles. The molecule has 1 amide bonds. The third kappa shape index (κ3) is 4.43. The monoisotopic (exact) mass is 549 g/mol. The largest absolute Gasteiger partial charge is 0.476 e. The van der Waals surface area contributed by atoms with Gasteiger partial charge in [-0.2, -0.15) is 0 Å². The van der Waals surface area contributed by atoms with Gasteiger partial charge >= 0.3 is 0 Å². The van der Waals surface area contributed by atoms with E-state index in [1.54, 1.807) is 23.4 Å². The minimum Gasteiger partial charge on any atom is -0.476 e. The smallest absolute Gasteiger partial charge is 0.238 e. The number of pyridine rings is 2. The Morgan fingerprint density at radius 2 is 1.85 bits per heavy atom. The van der Waals surface area contributed by atoms with Crippen molar-refractivity contribution in [2.24, 2.45) is 5.92 Å². The van der Waals surface area contributed by atoms with Crippen LogP contribution in [-0.4, -0.2) is 67.7 Å². The molecule has 0 unspecified atom stereocenters. The first kappa shape index (κ1) is 26.0. The Bertz CT molecular complexity index is 1590. The van der Waals surface area contributed by atoms with Crippen LogP contribution in [0.2, 0.25) is 0 Å². The number of rotatable bonds is 6. The van der Waals surface area contributed by atoms with E-state index < -0.39 is 15.4 Å². The molecule has 2 aromatic heterocycles. The Balaban J connectivity index is 1.33. The fraction of sp³-hybridized carbons (Fsp3) is 0.483. The second-order valence-electron chi connectivity index (χ2n) is 12.3. The number of likely N-dealkylation sites (tertiary alicyclic amines) is 1. The van der Waals surface area contributed by atoms with Gasteiger partial charge in [0.15, 0.2) is 0 Å². The molecular formula is C29H35N5O4S. The van der Waals surface area contributed by atoms with Crippen LogP contribution in [0.3, 0.4) is 0 Å². The molecule has 3 aliphatic rings. The molecule has 2 aliphatic heterocycles. The van der Waals surface area contributed by atoms with E-state index in [0.29, 0.717) is 18.2 Å². The molecule has 1 N–H and O–H groups in total. The molecule has 0 bridgehead atoms. The van der Waals surface area contributed by atoms with Crippen molar-refractivity contribution in [1.29, 1.82) is 0 Å². The summed E-state index contributed by atoms with van der Waals surface area (Å²) < 4.78 is 33.0. The first-order valence-electron chi connectivity index (χ1n) is 13.4. The van der Waals surface area contributed by atoms with Gasteiger partial charge in [-0.25, -0.2) is 13.4 Å². The third-order valence-electron chi connectivity index (χ3n) is 8.45. The second-order valence-corrected chi connectivity index (χ2v) is 14.0. The summed E-state index contributed by atoms with van der Waals surface area (Å²) in [5, 5.41) is 0.953. The van der Waals surface area contributed by atoms with Crippen molar-refractivity contribution in [1.82, 2.24) is 14.9 Å². The van der Waals surface area contributed by atoms with Crippen LogP contribution in [0.15, 0.2) is 36.7 Å². The molecule has 0 radical (unpaired) electrons. The van der Waals surface area contributed by atoms with Gasteiger partial charge in [0.25, 0.3) is 0 Å². The van der Waals surface area contributed by atoms with E-state index in [2.05, 4.69) is 40.4 Å². The zero-order valence-electron chi connectivity index (χ0n) is 23.1. The normalized spacial score (nSPS) is 19.2. The maximum Gasteiger partial charge on any atom is 0.238 e. The van der Waals surface area contributed by atoms with E-state index in [0.717, 1.165) is 71.9 Å². The second kappa shape index (κ2) is 8.89. The van der Waals surface area contributed by atoms with E-state index in [1.807, 2.05) is 25.2 Å². The lowest BCUT2D eigenvalue weighted by atomic mass is 9.64. The van der Waals surface area contributed by atoms with Crippen LogP contribution in [0.4, 0.5) is 11.4 Å². The summed E-state index contributed by atoms with van der Waals surface area (Å²) in [7, 11) is -1.73. The zero-order valence-corrected chi connectivity index (χ0v) is 23.9. The number of hydrogen-bond donors (Lipinski definition) is 1. The van der Waals surface area contributed by atoms with Gasteiger partial charge in [-0.1, -0.05) is 12.5 Å². The first-order valence-corrected chi connectivity index (χ1v) is 15.3. The van der Waals surface area contributed by atoms with Crippen LogP contribution >= 0.6 is 0 Å². The van der Waals surface area contributed by atoms with Gasteiger partial charge in [0.2, 0.25) is 21.8 Å². The Morgan fingerprint density at radius 3 is 2.49 bits per heavy atom. The maximum atomic E-state index is 13.2. The Kier molecular flexibility index (Phi) is 5.93. The van der Waals surface area contributed by atoms with Crippen molar-refractivity contribution in [2.45, 2.75) is 51.0 Å². The predicted molar refractivity (Wildman–Crippen MR) is 153 cm³/mol. The van der Waals surface area contributed by atoms with E-state index in [9.17, 15) is 13.2 Å². The van der Waals surface area contributed by atoms with Crippen molar-refractivity contribution < 1.29 is 17.9 Å². The minimum absolute atomic E-state index is 0.121. The molecule has 1 spiro atoms. The van der Waals surface area contributed by atoms with Gasteiger partial charge in [-0.05, 0) is 57.4 Å². The van der Waals surface area contributed by atoms with Gasteiger partial charge in [0, 0.05) is 54.3 Å². The number of amides is 1. The van der Waals surface area contributed by atoms with Gasteiger partial charge in [-0.15, -0.1) is 0 Å². The number of ether oxygens (including phenoxy) is 1. The topological polar surface area (TPSA) is 105 Å². The number of carbonyl (C=O) groups excluding carboxylic acids is 1. The molecule has 1 saturated carbocycles. The average Bonchev–Trinajstić information content (AvgIpc) is 3.04. The number of nitrogens with one attached hydrogen (secondary N) is 1. The number of aromatic nitrogens is 2. The van der Waals surface area contributed by atoms with E-state index in [4.69, 9.17) is 4.74 Å². The summed E-state index contributed by atoms with van der Waals surface area (Å²) in [5.41, 5.74) is 4.33. The molecule has 1 saturated heterocycles. The fourth-order valence-corrected chi connectivity index (χ4v) is 6.61.